The Morgan fingerprint density at radius 1 is 1.07 bits per heavy atom. The molecule has 4 rings (SSSR count). The number of fused-ring (bicyclic) bond motifs is 2. The number of hydrogen-bond acceptors (Lipinski definition) is 7. The number of likely N-dealkylation sites (tertiary alicyclic amines) is 1. The van der Waals surface area contributed by atoms with Crippen LogP contribution in [0.4, 0.5) is 26.3 Å². The number of sulfonamides is 1. The van der Waals surface area contributed by atoms with Gasteiger partial charge < -0.3 is 20.4 Å². The van der Waals surface area contributed by atoms with Gasteiger partial charge in [-0.25, -0.2) is 23.0 Å². The third kappa shape index (κ3) is 8.76. The monoisotopic (exact) mass is 634 g/mol. The number of alkyl halides is 6. The minimum absolute atomic E-state index is 0.0444. The predicted molar refractivity (Wildman–Crippen MR) is 133 cm³/mol. The van der Waals surface area contributed by atoms with Crippen LogP contribution in [0.25, 0.3) is 0 Å². The number of carboxylic acids is 2. The van der Waals surface area contributed by atoms with E-state index in [-0.39, 0.29) is 28.3 Å². The van der Waals surface area contributed by atoms with Gasteiger partial charge in [0.2, 0.25) is 5.91 Å². The lowest BCUT2D eigenvalue weighted by Gasteiger charge is -2.42. The number of nitrogens with one attached hydrogen (secondary N) is 1. The molecule has 3 aliphatic rings. The number of carbonyl (C=O) groups excluding carboxylic acids is 1. The Morgan fingerprint density at radius 3 is 2.02 bits per heavy atom. The molecule has 1 amide bonds. The summed E-state index contributed by atoms with van der Waals surface area (Å²) in [6.07, 6.45) is -6.18. The highest BCUT2D eigenvalue weighted by Gasteiger charge is 2.57. The van der Waals surface area contributed by atoms with Crippen molar-refractivity contribution in [3.8, 4) is 0 Å². The smallest absolute Gasteiger partial charge is 0.475 e. The van der Waals surface area contributed by atoms with Crippen molar-refractivity contribution in [1.29, 1.82) is 0 Å². The van der Waals surface area contributed by atoms with Crippen LogP contribution < -0.4 is 5.32 Å². The molecular weight excluding hydrogens is 602 g/mol. The van der Waals surface area contributed by atoms with Gasteiger partial charge in [0.25, 0.3) is 10.0 Å². The Balaban J connectivity index is 0.000000367. The Labute approximate surface area is 237 Å². The summed E-state index contributed by atoms with van der Waals surface area (Å²) in [6, 6.07) is 4.94. The molecule has 3 atom stereocenters. The molecule has 18 heteroatoms. The number of nitrogens with zero attached hydrogens (tertiary/aromatic N) is 3. The minimum atomic E-state index is -5.08. The SMILES string of the molecule is CCC(C)CN1C[C@H]2C(=O)NC3(CCN(S(=O)(=O)c4ccccn4)CC3)[C@H]2C1.O=C(O)C(F)(F)F.O=C(O)C(F)(F)F. The van der Waals surface area contributed by atoms with Crippen LogP contribution >= 0.6 is 0 Å². The zero-order valence-electron chi connectivity index (χ0n) is 22.7. The van der Waals surface area contributed by atoms with Crippen molar-refractivity contribution in [2.45, 2.75) is 56.0 Å². The van der Waals surface area contributed by atoms with E-state index in [0.717, 1.165) is 26.1 Å². The first kappa shape index (κ1) is 35.2. The Morgan fingerprint density at radius 2 is 1.60 bits per heavy atom. The molecule has 0 saturated carbocycles. The summed E-state index contributed by atoms with van der Waals surface area (Å²) in [5, 5.41) is 17.6. The fourth-order valence-electron chi connectivity index (χ4n) is 5.11. The van der Waals surface area contributed by atoms with Crippen LogP contribution in [0.5, 0.6) is 0 Å². The van der Waals surface area contributed by atoms with Gasteiger partial charge in [0.05, 0.1) is 5.92 Å². The number of piperidine rings is 1. The van der Waals surface area contributed by atoms with Crippen molar-refractivity contribution < 1.29 is 59.4 Å². The Hall–Kier alpha value is -2.99. The van der Waals surface area contributed by atoms with Gasteiger partial charge in [-0.1, -0.05) is 26.3 Å². The van der Waals surface area contributed by atoms with E-state index in [2.05, 4.69) is 29.0 Å². The molecule has 238 valence electrons. The molecule has 3 fully saturated rings. The highest BCUT2D eigenvalue weighted by Crippen LogP contribution is 2.44. The maximum Gasteiger partial charge on any atom is 0.490 e. The lowest BCUT2D eigenvalue weighted by Crippen LogP contribution is -2.56. The number of carboxylic acid groups (broad SMARTS) is 2. The molecule has 1 spiro atoms. The van der Waals surface area contributed by atoms with E-state index >= 15 is 0 Å². The fourth-order valence-corrected chi connectivity index (χ4v) is 6.49. The van der Waals surface area contributed by atoms with Gasteiger partial charge in [0.1, 0.15) is 0 Å². The van der Waals surface area contributed by atoms with E-state index in [1.807, 2.05) is 0 Å². The minimum Gasteiger partial charge on any atom is -0.475 e. The third-order valence-electron chi connectivity index (χ3n) is 7.42. The van der Waals surface area contributed by atoms with Crippen molar-refractivity contribution >= 4 is 27.9 Å². The second-order valence-corrected chi connectivity index (χ2v) is 12.2. The maximum atomic E-state index is 12.9. The molecule has 0 aliphatic carbocycles. The zero-order chi connectivity index (χ0) is 32.1. The van der Waals surface area contributed by atoms with Gasteiger partial charge >= 0.3 is 24.3 Å². The average Bonchev–Trinajstić information content (AvgIpc) is 3.43. The standard InChI is InChI=1S/C20H30N4O3S.2C2HF3O2/c1-3-15(2)12-23-13-16-17(14-23)20(22-19(16)25)7-10-24(11-8-20)28(26,27)18-6-4-5-9-21-18;2*3-2(4,5)1(6)7/h4-6,9,15-17H,3,7-8,10-14H2,1-2H3,(H,22,25);2*(H,6,7)/t15?,16-,17+;;/m1../s1. The number of pyridine rings is 1. The van der Waals surface area contributed by atoms with E-state index in [1.165, 1.54) is 16.6 Å². The largest absolute Gasteiger partial charge is 0.490 e. The Kier molecular flexibility index (Phi) is 11.4. The highest BCUT2D eigenvalue weighted by atomic mass is 32.2. The molecule has 0 aromatic carbocycles. The number of halogens is 6. The molecule has 0 radical (unpaired) electrons. The van der Waals surface area contributed by atoms with Crippen LogP contribution in [0.3, 0.4) is 0 Å². The summed E-state index contributed by atoms with van der Waals surface area (Å²) >= 11 is 0. The first-order valence-electron chi connectivity index (χ1n) is 12.8. The molecule has 4 heterocycles. The predicted octanol–water partition coefficient (Wildman–Crippen LogP) is 2.60. The molecule has 0 bridgehead atoms. The highest BCUT2D eigenvalue weighted by molar-refractivity contribution is 7.89. The molecule has 11 nitrogen and oxygen atoms in total. The molecule has 3 N–H and O–H groups in total. The lowest BCUT2D eigenvalue weighted by atomic mass is 9.76. The number of amides is 1. The number of carbonyl (C=O) groups is 3. The third-order valence-corrected chi connectivity index (χ3v) is 9.24. The quantitative estimate of drug-likeness (QED) is 0.414. The lowest BCUT2D eigenvalue weighted by molar-refractivity contribution is -0.193. The van der Waals surface area contributed by atoms with E-state index in [4.69, 9.17) is 19.8 Å². The molecule has 42 heavy (non-hydrogen) atoms. The summed E-state index contributed by atoms with van der Waals surface area (Å²) in [5.74, 6) is -4.41. The number of aromatic nitrogens is 1. The van der Waals surface area contributed by atoms with Crippen LogP contribution in [-0.2, 0) is 24.4 Å². The molecule has 1 aromatic rings. The zero-order valence-corrected chi connectivity index (χ0v) is 23.5. The summed E-state index contributed by atoms with van der Waals surface area (Å²) in [7, 11) is -3.57. The first-order valence-corrected chi connectivity index (χ1v) is 14.2. The summed E-state index contributed by atoms with van der Waals surface area (Å²) < 4.78 is 90.7. The van der Waals surface area contributed by atoms with Gasteiger partial charge in [0.15, 0.2) is 5.03 Å². The van der Waals surface area contributed by atoms with Crippen LogP contribution in [0, 0.1) is 17.8 Å². The van der Waals surface area contributed by atoms with Crippen LogP contribution in [0.2, 0.25) is 0 Å². The van der Waals surface area contributed by atoms with Gasteiger partial charge in [0, 0.05) is 50.4 Å². The van der Waals surface area contributed by atoms with Gasteiger partial charge in [-0.2, -0.15) is 30.6 Å². The topological polar surface area (TPSA) is 157 Å². The average molecular weight is 635 g/mol. The number of rotatable bonds is 5. The van der Waals surface area contributed by atoms with Gasteiger partial charge in [-0.05, 0) is 30.9 Å². The maximum absolute atomic E-state index is 12.9. The van der Waals surface area contributed by atoms with E-state index in [9.17, 15) is 39.6 Å². The van der Waals surface area contributed by atoms with Crippen molar-refractivity contribution in [2.24, 2.45) is 17.8 Å². The summed E-state index contributed by atoms with van der Waals surface area (Å²) in [4.78, 5) is 36.9. The van der Waals surface area contributed by atoms with Crippen LogP contribution in [0.1, 0.15) is 33.1 Å². The molecule has 1 unspecified atom stereocenters. The second kappa shape index (κ2) is 13.5. The number of aliphatic carboxylic acids is 2. The van der Waals surface area contributed by atoms with E-state index in [0.29, 0.717) is 31.8 Å². The molecule has 3 saturated heterocycles. The van der Waals surface area contributed by atoms with Gasteiger partial charge in [-0.3, -0.25) is 4.79 Å². The molecule has 3 aliphatic heterocycles. The Bertz CT molecular complexity index is 1180. The second-order valence-electron chi connectivity index (χ2n) is 10.3. The van der Waals surface area contributed by atoms with Crippen molar-refractivity contribution in [2.75, 3.05) is 32.7 Å². The van der Waals surface area contributed by atoms with Crippen molar-refractivity contribution in [3.05, 3.63) is 24.4 Å². The summed E-state index contributed by atoms with van der Waals surface area (Å²) in [6.45, 7) is 8.10. The fraction of sp³-hybridized carbons (Fsp3) is 0.667. The van der Waals surface area contributed by atoms with Crippen molar-refractivity contribution in [3.63, 3.8) is 0 Å². The summed E-state index contributed by atoms with van der Waals surface area (Å²) in [5.41, 5.74) is -0.262. The van der Waals surface area contributed by atoms with Crippen LogP contribution in [-0.4, -0.2) is 101 Å². The van der Waals surface area contributed by atoms with E-state index in [1.54, 1.807) is 12.1 Å². The number of hydrogen-bond donors (Lipinski definition) is 3. The van der Waals surface area contributed by atoms with Crippen molar-refractivity contribution in [1.82, 2.24) is 19.5 Å². The van der Waals surface area contributed by atoms with Gasteiger partial charge in [-0.15, -0.1) is 0 Å². The van der Waals surface area contributed by atoms with E-state index < -0.39 is 34.3 Å². The normalized spacial score (nSPS) is 23.1. The molecular formula is C24H32F6N4O7S. The van der Waals surface area contributed by atoms with Crippen LogP contribution in [0.15, 0.2) is 29.4 Å². The molecule has 1 aromatic heterocycles. The first-order chi connectivity index (χ1) is 19.2.